The van der Waals surface area contributed by atoms with Crippen molar-refractivity contribution in [2.45, 2.75) is 12.5 Å². The average molecular weight is 321 g/mol. The summed E-state index contributed by atoms with van der Waals surface area (Å²) in [5.74, 6) is 11.0. The van der Waals surface area contributed by atoms with E-state index in [0.29, 0.717) is 18.0 Å². The lowest BCUT2D eigenvalue weighted by Crippen LogP contribution is -2.32. The Hall–Kier alpha value is -2.31. The van der Waals surface area contributed by atoms with Crippen molar-refractivity contribution in [3.05, 3.63) is 63.9 Å². The van der Waals surface area contributed by atoms with Crippen LogP contribution in [0.5, 0.6) is 5.75 Å². The SMILES string of the molecule is N/N=C(\NN)c1cccc(C2Cc3cc(Cl)c(F)cc3O2)c1. The molecule has 1 atom stereocenters. The van der Waals surface area contributed by atoms with Crippen molar-refractivity contribution in [1.82, 2.24) is 5.43 Å². The number of benzene rings is 2. The minimum atomic E-state index is -0.486. The second-order valence-corrected chi connectivity index (χ2v) is 5.34. The smallest absolute Gasteiger partial charge is 0.166 e. The third-order valence-corrected chi connectivity index (χ3v) is 3.87. The summed E-state index contributed by atoms with van der Waals surface area (Å²) >= 11 is 5.81. The van der Waals surface area contributed by atoms with E-state index in [2.05, 4.69) is 10.5 Å². The molecule has 2 aromatic carbocycles. The average Bonchev–Trinajstić information content (AvgIpc) is 2.92. The molecule has 0 saturated heterocycles. The molecule has 2 aromatic rings. The van der Waals surface area contributed by atoms with E-state index in [9.17, 15) is 4.39 Å². The van der Waals surface area contributed by atoms with Gasteiger partial charge in [-0.15, -0.1) is 0 Å². The highest BCUT2D eigenvalue weighted by molar-refractivity contribution is 6.30. The molecule has 0 aromatic heterocycles. The van der Waals surface area contributed by atoms with Gasteiger partial charge in [0.25, 0.3) is 0 Å². The van der Waals surface area contributed by atoms with E-state index in [0.717, 1.165) is 16.7 Å². The van der Waals surface area contributed by atoms with E-state index < -0.39 is 5.82 Å². The first-order valence-electron chi connectivity index (χ1n) is 6.61. The summed E-state index contributed by atoms with van der Waals surface area (Å²) in [7, 11) is 0. The monoisotopic (exact) mass is 320 g/mol. The van der Waals surface area contributed by atoms with Gasteiger partial charge in [0.1, 0.15) is 17.7 Å². The Bertz CT molecular complexity index is 719. The van der Waals surface area contributed by atoms with Gasteiger partial charge in [0.05, 0.1) is 5.02 Å². The molecular formula is C15H14ClFN4O. The number of ether oxygens (including phenoxy) is 1. The number of rotatable bonds is 2. The number of hydrogen-bond donors (Lipinski definition) is 3. The van der Waals surface area contributed by atoms with Gasteiger partial charge in [0.2, 0.25) is 0 Å². The molecule has 114 valence electrons. The number of nitrogens with two attached hydrogens (primary N) is 2. The maximum absolute atomic E-state index is 13.5. The summed E-state index contributed by atoms with van der Waals surface area (Å²) in [6.45, 7) is 0. The summed E-state index contributed by atoms with van der Waals surface area (Å²) < 4.78 is 19.3. The maximum atomic E-state index is 13.5. The molecule has 0 amide bonds. The predicted octanol–water partition coefficient (Wildman–Crippen LogP) is 2.24. The molecule has 22 heavy (non-hydrogen) atoms. The van der Waals surface area contributed by atoms with Crippen LogP contribution in [0, 0.1) is 5.82 Å². The summed E-state index contributed by atoms with van der Waals surface area (Å²) in [6, 6.07) is 10.4. The van der Waals surface area contributed by atoms with Crippen LogP contribution in [0.4, 0.5) is 4.39 Å². The van der Waals surface area contributed by atoms with Crippen LogP contribution in [0.25, 0.3) is 0 Å². The lowest BCUT2D eigenvalue weighted by molar-refractivity contribution is 0.238. The zero-order chi connectivity index (χ0) is 15.7. The number of hydrazine groups is 1. The molecule has 1 unspecified atom stereocenters. The highest BCUT2D eigenvalue weighted by Gasteiger charge is 2.26. The largest absolute Gasteiger partial charge is 0.485 e. The van der Waals surface area contributed by atoms with Crippen LogP contribution in [0.2, 0.25) is 5.02 Å². The lowest BCUT2D eigenvalue weighted by atomic mass is 10.0. The topological polar surface area (TPSA) is 85.7 Å². The molecule has 0 spiro atoms. The van der Waals surface area contributed by atoms with Gasteiger partial charge in [-0.1, -0.05) is 29.8 Å². The van der Waals surface area contributed by atoms with Crippen molar-refractivity contribution >= 4 is 17.4 Å². The Morgan fingerprint density at radius 1 is 1.36 bits per heavy atom. The molecule has 1 aliphatic rings. The molecule has 5 nitrogen and oxygen atoms in total. The van der Waals surface area contributed by atoms with Crippen molar-refractivity contribution in [3.63, 3.8) is 0 Å². The molecule has 0 saturated carbocycles. The Morgan fingerprint density at radius 3 is 2.91 bits per heavy atom. The van der Waals surface area contributed by atoms with E-state index >= 15 is 0 Å². The summed E-state index contributed by atoms with van der Waals surface area (Å²) in [5.41, 5.74) is 4.98. The van der Waals surface area contributed by atoms with Gasteiger partial charge in [0, 0.05) is 18.1 Å². The number of hydrogen-bond acceptors (Lipinski definition) is 4. The Labute approximate surface area is 131 Å². The molecule has 3 rings (SSSR count). The minimum Gasteiger partial charge on any atom is -0.485 e. The van der Waals surface area contributed by atoms with Gasteiger partial charge in [-0.3, -0.25) is 0 Å². The van der Waals surface area contributed by atoms with Gasteiger partial charge in [-0.2, -0.15) is 5.10 Å². The van der Waals surface area contributed by atoms with Gasteiger partial charge in [-0.25, -0.2) is 10.2 Å². The van der Waals surface area contributed by atoms with Gasteiger partial charge in [-0.05, 0) is 23.3 Å². The fraction of sp³-hybridized carbons (Fsp3) is 0.133. The lowest BCUT2D eigenvalue weighted by Gasteiger charge is -2.13. The van der Waals surface area contributed by atoms with E-state index in [4.69, 9.17) is 28.0 Å². The Morgan fingerprint density at radius 2 is 2.18 bits per heavy atom. The molecule has 0 radical (unpaired) electrons. The molecule has 5 N–H and O–H groups in total. The number of amidine groups is 1. The maximum Gasteiger partial charge on any atom is 0.166 e. The third-order valence-electron chi connectivity index (χ3n) is 3.58. The first-order chi connectivity index (χ1) is 10.6. The van der Waals surface area contributed by atoms with Gasteiger partial charge < -0.3 is 16.0 Å². The van der Waals surface area contributed by atoms with E-state index in [1.165, 1.54) is 6.07 Å². The molecule has 0 aliphatic carbocycles. The van der Waals surface area contributed by atoms with E-state index in [1.54, 1.807) is 6.07 Å². The predicted molar refractivity (Wildman–Crippen MR) is 83.0 cm³/mol. The van der Waals surface area contributed by atoms with Gasteiger partial charge >= 0.3 is 0 Å². The van der Waals surface area contributed by atoms with Crippen LogP contribution in [0.1, 0.15) is 22.8 Å². The Kier molecular flexibility index (Phi) is 3.87. The van der Waals surface area contributed by atoms with Crippen molar-refractivity contribution < 1.29 is 9.13 Å². The number of nitrogens with one attached hydrogen (secondary N) is 1. The third kappa shape index (κ3) is 2.58. The number of fused-ring (bicyclic) bond motifs is 1. The molecule has 0 bridgehead atoms. The molecule has 1 heterocycles. The first kappa shape index (κ1) is 14.6. The zero-order valence-electron chi connectivity index (χ0n) is 11.5. The van der Waals surface area contributed by atoms with Crippen molar-refractivity contribution in [2.24, 2.45) is 16.8 Å². The van der Waals surface area contributed by atoms with Crippen LogP contribution < -0.4 is 21.8 Å². The van der Waals surface area contributed by atoms with E-state index in [1.807, 2.05) is 24.3 Å². The van der Waals surface area contributed by atoms with Crippen molar-refractivity contribution in [1.29, 1.82) is 0 Å². The summed E-state index contributed by atoms with van der Waals surface area (Å²) in [5, 5.41) is 3.68. The first-order valence-corrected chi connectivity index (χ1v) is 6.99. The highest BCUT2D eigenvalue weighted by Crippen LogP contribution is 2.39. The minimum absolute atomic E-state index is 0.0987. The summed E-state index contributed by atoms with van der Waals surface area (Å²) in [4.78, 5) is 0. The van der Waals surface area contributed by atoms with Crippen LogP contribution in [-0.4, -0.2) is 5.84 Å². The second-order valence-electron chi connectivity index (χ2n) is 4.93. The second kappa shape index (κ2) is 5.82. The van der Waals surface area contributed by atoms with Crippen molar-refractivity contribution in [2.75, 3.05) is 0 Å². The molecule has 1 aliphatic heterocycles. The Balaban J connectivity index is 1.90. The molecular weight excluding hydrogens is 307 g/mol. The summed E-state index contributed by atoms with van der Waals surface area (Å²) in [6.07, 6.45) is 0.397. The van der Waals surface area contributed by atoms with Crippen LogP contribution in [0.15, 0.2) is 41.5 Å². The van der Waals surface area contributed by atoms with Crippen molar-refractivity contribution in [3.8, 4) is 5.75 Å². The zero-order valence-corrected chi connectivity index (χ0v) is 12.3. The number of halogens is 2. The number of hydrazone groups is 1. The fourth-order valence-corrected chi connectivity index (χ4v) is 2.69. The van der Waals surface area contributed by atoms with Crippen LogP contribution >= 0.6 is 11.6 Å². The van der Waals surface area contributed by atoms with Crippen LogP contribution in [-0.2, 0) is 6.42 Å². The van der Waals surface area contributed by atoms with E-state index in [-0.39, 0.29) is 11.1 Å². The fourth-order valence-electron chi connectivity index (χ4n) is 2.50. The van der Waals surface area contributed by atoms with Gasteiger partial charge in [0.15, 0.2) is 5.84 Å². The normalized spacial score (nSPS) is 17.0. The quantitative estimate of drug-likeness (QED) is 0.343. The standard InChI is InChI=1S/C15H14ClFN4O/c16-11-5-10-6-13(22-14(10)7-12(11)17)8-2-1-3-9(4-8)15(20-18)21-19/h1-5,7,13H,6,18-19H2,(H,20,21). The highest BCUT2D eigenvalue weighted by atomic mass is 35.5. The number of nitrogens with zero attached hydrogens (tertiary/aromatic N) is 1. The van der Waals surface area contributed by atoms with Crippen LogP contribution in [0.3, 0.4) is 0 Å². The molecule has 7 heteroatoms. The molecule has 0 fully saturated rings.